The molecule has 0 amide bonds. The van der Waals surface area contributed by atoms with Gasteiger partial charge in [-0.25, -0.2) is 0 Å². The molecule has 2 N–H and O–H groups in total. The first-order valence-corrected chi connectivity index (χ1v) is 6.44. The summed E-state index contributed by atoms with van der Waals surface area (Å²) in [5, 5.41) is 0. The first kappa shape index (κ1) is 12.7. The Hall–Kier alpha value is -0.370. The molecule has 1 aliphatic rings. The van der Waals surface area contributed by atoms with Crippen molar-refractivity contribution >= 4 is 5.78 Å². The fourth-order valence-corrected chi connectivity index (χ4v) is 2.56. The van der Waals surface area contributed by atoms with Crippen LogP contribution in [0.15, 0.2) is 0 Å². The minimum atomic E-state index is -0.194. The summed E-state index contributed by atoms with van der Waals surface area (Å²) in [5.41, 5.74) is 5.93. The highest BCUT2D eigenvalue weighted by Gasteiger charge is 2.27. The van der Waals surface area contributed by atoms with Crippen LogP contribution in [0.5, 0.6) is 0 Å². The maximum absolute atomic E-state index is 12.0. The standard InChI is InChI=1S/C13H25NO/c1-3-4-8-12(14)13(15)11-7-5-6-10(2)9-11/h10-12H,3-9,14H2,1-2H3. The molecule has 0 heterocycles. The monoisotopic (exact) mass is 211 g/mol. The molecule has 0 aromatic heterocycles. The predicted molar refractivity (Wildman–Crippen MR) is 63.6 cm³/mol. The Morgan fingerprint density at radius 2 is 2.20 bits per heavy atom. The molecule has 1 rings (SSSR count). The Balaban J connectivity index is 2.37. The van der Waals surface area contributed by atoms with Gasteiger partial charge in [0.05, 0.1) is 6.04 Å². The summed E-state index contributed by atoms with van der Waals surface area (Å²) in [6, 6.07) is -0.194. The molecular weight excluding hydrogens is 186 g/mol. The van der Waals surface area contributed by atoms with E-state index >= 15 is 0 Å². The van der Waals surface area contributed by atoms with Gasteiger partial charge in [-0.15, -0.1) is 0 Å². The lowest BCUT2D eigenvalue weighted by atomic mass is 9.78. The molecule has 1 saturated carbocycles. The van der Waals surface area contributed by atoms with E-state index in [1.165, 1.54) is 12.8 Å². The first-order chi connectivity index (χ1) is 7.15. The highest BCUT2D eigenvalue weighted by molar-refractivity contribution is 5.86. The number of nitrogens with two attached hydrogens (primary N) is 1. The van der Waals surface area contributed by atoms with E-state index in [9.17, 15) is 4.79 Å². The van der Waals surface area contributed by atoms with Crippen LogP contribution in [0.4, 0.5) is 0 Å². The van der Waals surface area contributed by atoms with E-state index in [0.717, 1.165) is 32.1 Å². The first-order valence-electron chi connectivity index (χ1n) is 6.44. The van der Waals surface area contributed by atoms with Gasteiger partial charge in [0.1, 0.15) is 0 Å². The predicted octanol–water partition coefficient (Wildman–Crippen LogP) is 2.90. The normalized spacial score (nSPS) is 28.7. The van der Waals surface area contributed by atoms with Crippen molar-refractivity contribution < 1.29 is 4.79 Å². The Bertz CT molecular complexity index is 203. The summed E-state index contributed by atoms with van der Waals surface area (Å²) >= 11 is 0. The fourth-order valence-electron chi connectivity index (χ4n) is 2.56. The molecule has 1 aliphatic carbocycles. The van der Waals surface area contributed by atoms with Gasteiger partial charge in [-0.2, -0.15) is 0 Å². The van der Waals surface area contributed by atoms with Crippen LogP contribution in [-0.2, 0) is 4.79 Å². The summed E-state index contributed by atoms with van der Waals surface area (Å²) < 4.78 is 0. The smallest absolute Gasteiger partial charge is 0.152 e. The average molecular weight is 211 g/mol. The van der Waals surface area contributed by atoms with E-state index in [-0.39, 0.29) is 12.0 Å². The lowest BCUT2D eigenvalue weighted by Gasteiger charge is -2.27. The zero-order valence-electron chi connectivity index (χ0n) is 10.2. The molecule has 3 unspecified atom stereocenters. The molecule has 15 heavy (non-hydrogen) atoms. The third-order valence-corrected chi connectivity index (χ3v) is 3.57. The number of rotatable bonds is 5. The number of carbonyl (C=O) groups is 1. The molecule has 0 aromatic rings. The Labute approximate surface area is 93.6 Å². The van der Waals surface area contributed by atoms with Gasteiger partial charge in [0, 0.05) is 5.92 Å². The van der Waals surface area contributed by atoms with Crippen molar-refractivity contribution in [3.05, 3.63) is 0 Å². The van der Waals surface area contributed by atoms with Gasteiger partial charge >= 0.3 is 0 Å². The molecule has 1 fully saturated rings. The van der Waals surface area contributed by atoms with Gasteiger partial charge in [-0.05, 0) is 25.2 Å². The summed E-state index contributed by atoms with van der Waals surface area (Å²) in [6.07, 6.45) is 7.71. The summed E-state index contributed by atoms with van der Waals surface area (Å²) in [7, 11) is 0. The molecule has 0 aromatic carbocycles. The van der Waals surface area contributed by atoms with Crippen molar-refractivity contribution in [2.45, 2.75) is 64.8 Å². The van der Waals surface area contributed by atoms with Crippen molar-refractivity contribution in [1.29, 1.82) is 0 Å². The highest BCUT2D eigenvalue weighted by Crippen LogP contribution is 2.30. The highest BCUT2D eigenvalue weighted by atomic mass is 16.1. The second-order valence-electron chi connectivity index (χ2n) is 5.12. The number of carbonyl (C=O) groups excluding carboxylic acids is 1. The van der Waals surface area contributed by atoms with Crippen molar-refractivity contribution in [3.8, 4) is 0 Å². The lowest BCUT2D eigenvalue weighted by Crippen LogP contribution is -2.37. The quantitative estimate of drug-likeness (QED) is 0.760. The van der Waals surface area contributed by atoms with Gasteiger partial charge in [0.2, 0.25) is 0 Å². The van der Waals surface area contributed by atoms with Crippen LogP contribution in [0.25, 0.3) is 0 Å². The van der Waals surface area contributed by atoms with Crippen LogP contribution in [0, 0.1) is 11.8 Å². The van der Waals surface area contributed by atoms with Crippen LogP contribution in [0.1, 0.15) is 58.8 Å². The van der Waals surface area contributed by atoms with E-state index in [1.807, 2.05) is 0 Å². The minimum Gasteiger partial charge on any atom is -0.321 e. The van der Waals surface area contributed by atoms with Crippen LogP contribution in [-0.4, -0.2) is 11.8 Å². The van der Waals surface area contributed by atoms with E-state index in [0.29, 0.717) is 11.7 Å². The Kier molecular flexibility index (Phi) is 5.30. The van der Waals surface area contributed by atoms with Crippen LogP contribution >= 0.6 is 0 Å². The topological polar surface area (TPSA) is 43.1 Å². The van der Waals surface area contributed by atoms with Crippen LogP contribution < -0.4 is 5.73 Å². The van der Waals surface area contributed by atoms with E-state index < -0.39 is 0 Å². The number of hydrogen-bond donors (Lipinski definition) is 1. The summed E-state index contributed by atoms with van der Waals surface area (Å²) in [4.78, 5) is 12.0. The molecule has 88 valence electrons. The maximum Gasteiger partial charge on any atom is 0.152 e. The second-order valence-corrected chi connectivity index (χ2v) is 5.12. The minimum absolute atomic E-state index is 0.194. The summed E-state index contributed by atoms with van der Waals surface area (Å²) in [6.45, 7) is 4.39. The van der Waals surface area contributed by atoms with Gasteiger partial charge in [0.15, 0.2) is 5.78 Å². The molecule has 0 aliphatic heterocycles. The van der Waals surface area contributed by atoms with Gasteiger partial charge < -0.3 is 5.73 Å². The molecule has 3 atom stereocenters. The largest absolute Gasteiger partial charge is 0.321 e. The Morgan fingerprint density at radius 1 is 1.47 bits per heavy atom. The second kappa shape index (κ2) is 6.26. The number of unbranched alkanes of at least 4 members (excludes halogenated alkanes) is 1. The van der Waals surface area contributed by atoms with E-state index in [2.05, 4.69) is 13.8 Å². The zero-order valence-corrected chi connectivity index (χ0v) is 10.2. The molecule has 0 saturated heterocycles. The molecule has 2 heteroatoms. The number of ketones is 1. The SMILES string of the molecule is CCCCC(N)C(=O)C1CCCC(C)C1. The average Bonchev–Trinajstić information content (AvgIpc) is 2.24. The van der Waals surface area contributed by atoms with Crippen molar-refractivity contribution in [1.82, 2.24) is 0 Å². The number of Topliss-reactive ketones (excluding diaryl/α,β-unsaturated/α-hetero) is 1. The summed E-state index contributed by atoms with van der Waals surface area (Å²) in [5.74, 6) is 1.31. The van der Waals surface area contributed by atoms with Crippen LogP contribution in [0.3, 0.4) is 0 Å². The Morgan fingerprint density at radius 3 is 2.80 bits per heavy atom. The third-order valence-electron chi connectivity index (χ3n) is 3.57. The van der Waals surface area contributed by atoms with Gasteiger partial charge in [-0.1, -0.05) is 39.5 Å². The molecule has 0 radical (unpaired) electrons. The third kappa shape index (κ3) is 3.94. The molecular formula is C13H25NO. The molecule has 0 spiro atoms. The van der Waals surface area contributed by atoms with E-state index in [4.69, 9.17) is 5.73 Å². The van der Waals surface area contributed by atoms with Crippen molar-refractivity contribution in [3.63, 3.8) is 0 Å². The maximum atomic E-state index is 12.0. The fraction of sp³-hybridized carbons (Fsp3) is 0.923. The van der Waals surface area contributed by atoms with Crippen LogP contribution in [0.2, 0.25) is 0 Å². The molecule has 0 bridgehead atoms. The molecule has 2 nitrogen and oxygen atoms in total. The lowest BCUT2D eigenvalue weighted by molar-refractivity contribution is -0.125. The van der Waals surface area contributed by atoms with Gasteiger partial charge in [0.25, 0.3) is 0 Å². The van der Waals surface area contributed by atoms with E-state index in [1.54, 1.807) is 0 Å². The van der Waals surface area contributed by atoms with Gasteiger partial charge in [-0.3, -0.25) is 4.79 Å². The number of hydrogen-bond acceptors (Lipinski definition) is 2. The zero-order chi connectivity index (χ0) is 11.3. The van der Waals surface area contributed by atoms with Crippen molar-refractivity contribution in [2.24, 2.45) is 17.6 Å². The van der Waals surface area contributed by atoms with Crippen molar-refractivity contribution in [2.75, 3.05) is 0 Å².